The number of urea groups is 1. The third-order valence-corrected chi connectivity index (χ3v) is 4.42. The first-order valence-corrected chi connectivity index (χ1v) is 8.32. The third kappa shape index (κ3) is 3.92. The fourth-order valence-corrected chi connectivity index (χ4v) is 3.16. The largest absolute Gasteiger partial charge is 0.495 e. The van der Waals surface area contributed by atoms with Gasteiger partial charge in [-0.25, -0.2) is 4.79 Å². The lowest BCUT2D eigenvalue weighted by Crippen LogP contribution is -2.22. The Morgan fingerprint density at radius 1 is 1.04 bits per heavy atom. The molecular weight excluding hydrogens is 345 g/mol. The van der Waals surface area contributed by atoms with E-state index in [-0.39, 0.29) is 11.4 Å². The predicted octanol–water partition coefficient (Wildman–Crippen LogP) is 5.24. The van der Waals surface area contributed by atoms with Gasteiger partial charge in [-0.05, 0) is 61.1 Å². The van der Waals surface area contributed by atoms with Crippen LogP contribution in [0.5, 0.6) is 5.75 Å². The molecule has 0 radical (unpaired) electrons. The van der Waals surface area contributed by atoms with Gasteiger partial charge >= 0.3 is 12.2 Å². The number of alkyl halides is 3. The molecule has 0 aliphatic heterocycles. The average Bonchev–Trinajstić information content (AvgIpc) is 2.61. The SMILES string of the molecule is COc1ccc(C(F)(F)F)cc1NC(=O)Nc1cccc2c1CCCC2. The molecule has 7 heteroatoms. The van der Waals surface area contributed by atoms with Crippen LogP contribution in [0.15, 0.2) is 36.4 Å². The van der Waals surface area contributed by atoms with Crippen molar-refractivity contribution in [1.29, 1.82) is 0 Å². The molecule has 1 aliphatic rings. The lowest BCUT2D eigenvalue weighted by atomic mass is 9.90. The molecule has 2 N–H and O–H groups in total. The van der Waals surface area contributed by atoms with Crippen LogP contribution in [0.3, 0.4) is 0 Å². The highest BCUT2D eigenvalue weighted by molar-refractivity contribution is 6.01. The van der Waals surface area contributed by atoms with Crippen molar-refractivity contribution < 1.29 is 22.7 Å². The second-order valence-electron chi connectivity index (χ2n) is 6.14. The van der Waals surface area contributed by atoms with Gasteiger partial charge in [0.2, 0.25) is 0 Å². The van der Waals surface area contributed by atoms with Gasteiger partial charge in [0.05, 0.1) is 18.4 Å². The van der Waals surface area contributed by atoms with Crippen LogP contribution in [0.2, 0.25) is 0 Å². The summed E-state index contributed by atoms with van der Waals surface area (Å²) in [6, 6.07) is 8.05. The van der Waals surface area contributed by atoms with Crippen LogP contribution in [-0.4, -0.2) is 13.1 Å². The monoisotopic (exact) mass is 364 g/mol. The number of amides is 2. The molecule has 2 aromatic carbocycles. The maximum absolute atomic E-state index is 12.9. The molecule has 4 nitrogen and oxygen atoms in total. The van der Waals surface area contributed by atoms with Gasteiger partial charge < -0.3 is 15.4 Å². The zero-order valence-electron chi connectivity index (χ0n) is 14.2. The number of hydrogen-bond acceptors (Lipinski definition) is 2. The van der Waals surface area contributed by atoms with Gasteiger partial charge in [-0.3, -0.25) is 0 Å². The normalized spacial score (nSPS) is 13.7. The third-order valence-electron chi connectivity index (χ3n) is 4.42. The minimum Gasteiger partial charge on any atom is -0.495 e. The van der Waals surface area contributed by atoms with E-state index in [1.807, 2.05) is 12.1 Å². The van der Waals surface area contributed by atoms with E-state index in [1.165, 1.54) is 18.7 Å². The molecule has 3 rings (SSSR count). The molecule has 0 fully saturated rings. The van der Waals surface area contributed by atoms with Crippen molar-refractivity contribution in [3.05, 3.63) is 53.1 Å². The van der Waals surface area contributed by atoms with E-state index in [1.54, 1.807) is 6.07 Å². The van der Waals surface area contributed by atoms with Crippen LogP contribution in [0.4, 0.5) is 29.3 Å². The lowest BCUT2D eigenvalue weighted by Gasteiger charge is -2.20. The summed E-state index contributed by atoms with van der Waals surface area (Å²) in [7, 11) is 1.33. The highest BCUT2D eigenvalue weighted by atomic mass is 19.4. The Morgan fingerprint density at radius 3 is 2.50 bits per heavy atom. The highest BCUT2D eigenvalue weighted by Gasteiger charge is 2.31. The molecular formula is C19H19F3N2O2. The molecule has 1 aliphatic carbocycles. The molecule has 0 aromatic heterocycles. The number of fused-ring (bicyclic) bond motifs is 1. The number of nitrogens with one attached hydrogen (secondary N) is 2. The first-order valence-electron chi connectivity index (χ1n) is 8.32. The highest BCUT2D eigenvalue weighted by Crippen LogP contribution is 2.35. The number of rotatable bonds is 3. The minimum atomic E-state index is -4.50. The van der Waals surface area contributed by atoms with Crippen LogP contribution in [-0.2, 0) is 19.0 Å². The minimum absolute atomic E-state index is 0.0374. The van der Waals surface area contributed by atoms with Crippen molar-refractivity contribution in [3.8, 4) is 5.75 Å². The van der Waals surface area contributed by atoms with E-state index in [9.17, 15) is 18.0 Å². The fraction of sp³-hybridized carbons (Fsp3) is 0.316. The fourth-order valence-electron chi connectivity index (χ4n) is 3.16. The van der Waals surface area contributed by atoms with Crippen molar-refractivity contribution in [2.75, 3.05) is 17.7 Å². The first kappa shape index (κ1) is 18.1. The summed E-state index contributed by atoms with van der Waals surface area (Å²) in [6.45, 7) is 0. The number of halogens is 3. The molecule has 0 bridgehead atoms. The van der Waals surface area contributed by atoms with Crippen LogP contribution in [0, 0.1) is 0 Å². The molecule has 0 heterocycles. The van der Waals surface area contributed by atoms with Gasteiger partial charge in [0.15, 0.2) is 0 Å². The number of carbonyl (C=O) groups is 1. The number of methoxy groups -OCH3 is 1. The standard InChI is InChI=1S/C19H19F3N2O2/c1-26-17-10-9-13(19(20,21)22)11-16(17)24-18(25)23-15-8-4-6-12-5-2-3-7-14(12)15/h4,6,8-11H,2-3,5,7H2,1H3,(H2,23,24,25). The summed E-state index contributed by atoms with van der Waals surface area (Å²) in [6.07, 6.45) is -0.497. The predicted molar refractivity (Wildman–Crippen MR) is 93.7 cm³/mol. The number of aryl methyl sites for hydroxylation is 1. The summed E-state index contributed by atoms with van der Waals surface area (Å²) in [4.78, 5) is 12.3. The average molecular weight is 364 g/mol. The summed E-state index contributed by atoms with van der Waals surface area (Å²) in [5.74, 6) is 0.156. The molecule has 0 unspecified atom stereocenters. The molecule has 138 valence electrons. The van der Waals surface area contributed by atoms with Gasteiger partial charge in [-0.15, -0.1) is 0 Å². The van der Waals surface area contributed by atoms with Gasteiger partial charge in [-0.2, -0.15) is 13.2 Å². The Bertz CT molecular complexity index is 819. The van der Waals surface area contributed by atoms with Gasteiger partial charge in [0, 0.05) is 5.69 Å². The Hall–Kier alpha value is -2.70. The summed E-state index contributed by atoms with van der Waals surface area (Å²) < 4.78 is 43.8. The molecule has 0 saturated carbocycles. The van der Waals surface area contributed by atoms with Gasteiger partial charge in [-0.1, -0.05) is 12.1 Å². The topological polar surface area (TPSA) is 50.4 Å². The molecule has 2 aromatic rings. The van der Waals surface area contributed by atoms with E-state index in [0.29, 0.717) is 5.69 Å². The zero-order valence-corrected chi connectivity index (χ0v) is 14.2. The van der Waals surface area contributed by atoms with Gasteiger partial charge in [0.1, 0.15) is 5.75 Å². The smallest absolute Gasteiger partial charge is 0.416 e. The van der Waals surface area contributed by atoms with E-state index >= 15 is 0 Å². The Kier molecular flexibility index (Phi) is 5.06. The Morgan fingerprint density at radius 2 is 1.77 bits per heavy atom. The number of benzene rings is 2. The van der Waals surface area contributed by atoms with Crippen LogP contribution in [0.1, 0.15) is 29.5 Å². The van der Waals surface area contributed by atoms with Crippen molar-refractivity contribution in [2.45, 2.75) is 31.9 Å². The second kappa shape index (κ2) is 7.27. The maximum Gasteiger partial charge on any atom is 0.416 e. The van der Waals surface area contributed by atoms with Gasteiger partial charge in [0.25, 0.3) is 0 Å². The first-order chi connectivity index (χ1) is 12.4. The molecule has 0 spiro atoms. The molecule has 0 atom stereocenters. The van der Waals surface area contributed by atoms with Crippen molar-refractivity contribution >= 4 is 17.4 Å². The van der Waals surface area contributed by atoms with Crippen molar-refractivity contribution in [3.63, 3.8) is 0 Å². The van der Waals surface area contributed by atoms with E-state index in [2.05, 4.69) is 10.6 Å². The molecule has 0 saturated heterocycles. The Balaban J connectivity index is 1.80. The number of carbonyl (C=O) groups excluding carboxylic acids is 1. The van der Waals surface area contributed by atoms with Crippen molar-refractivity contribution in [1.82, 2.24) is 0 Å². The van der Waals surface area contributed by atoms with E-state index < -0.39 is 17.8 Å². The molecule has 2 amide bonds. The second-order valence-corrected chi connectivity index (χ2v) is 6.14. The number of hydrogen-bond donors (Lipinski definition) is 2. The zero-order chi connectivity index (χ0) is 18.7. The number of ether oxygens (including phenoxy) is 1. The summed E-state index contributed by atoms with van der Waals surface area (Å²) >= 11 is 0. The lowest BCUT2D eigenvalue weighted by molar-refractivity contribution is -0.137. The van der Waals surface area contributed by atoms with Crippen LogP contribution < -0.4 is 15.4 Å². The molecule has 26 heavy (non-hydrogen) atoms. The van der Waals surface area contributed by atoms with Crippen LogP contribution in [0.25, 0.3) is 0 Å². The summed E-state index contributed by atoms with van der Waals surface area (Å²) in [5, 5.41) is 5.20. The Labute approximate surface area is 149 Å². The number of anilines is 2. The van der Waals surface area contributed by atoms with Crippen LogP contribution >= 0.6 is 0 Å². The van der Waals surface area contributed by atoms with Crippen molar-refractivity contribution in [2.24, 2.45) is 0 Å². The summed E-state index contributed by atoms with van der Waals surface area (Å²) in [5.41, 5.74) is 2.08. The van der Waals surface area contributed by atoms with E-state index in [0.717, 1.165) is 43.4 Å². The maximum atomic E-state index is 12.9. The quantitative estimate of drug-likeness (QED) is 0.783. The van der Waals surface area contributed by atoms with E-state index in [4.69, 9.17) is 4.74 Å².